The molecule has 0 spiro atoms. The zero-order valence-electron chi connectivity index (χ0n) is 14.6. The highest BCUT2D eigenvalue weighted by atomic mass is 16.5. The number of benzene rings is 1. The maximum atomic E-state index is 13.0. The Balaban J connectivity index is 1.50. The molecule has 1 aliphatic carbocycles. The SMILES string of the molecule is CC(C)c1nnc(C2COCCN2C(=O)C2CC2c2ccccc2)o1. The van der Waals surface area contributed by atoms with E-state index in [0.29, 0.717) is 37.5 Å². The molecule has 1 aliphatic heterocycles. The van der Waals surface area contributed by atoms with Crippen LogP contribution in [0.25, 0.3) is 0 Å². The average molecular weight is 341 g/mol. The molecule has 2 aliphatic rings. The third kappa shape index (κ3) is 3.18. The number of nitrogens with zero attached hydrogens (tertiary/aromatic N) is 3. The molecule has 3 atom stereocenters. The molecule has 2 fully saturated rings. The van der Waals surface area contributed by atoms with E-state index in [-0.39, 0.29) is 23.8 Å². The van der Waals surface area contributed by atoms with Gasteiger partial charge in [-0.05, 0) is 17.9 Å². The third-order valence-corrected chi connectivity index (χ3v) is 4.98. The number of amides is 1. The molecule has 2 heterocycles. The van der Waals surface area contributed by atoms with Crippen LogP contribution < -0.4 is 0 Å². The van der Waals surface area contributed by atoms with E-state index in [1.807, 2.05) is 36.9 Å². The zero-order valence-corrected chi connectivity index (χ0v) is 14.6. The predicted molar refractivity (Wildman–Crippen MR) is 91.0 cm³/mol. The molecule has 25 heavy (non-hydrogen) atoms. The Kier molecular flexibility index (Phi) is 4.29. The topological polar surface area (TPSA) is 68.5 Å². The number of hydrogen-bond donors (Lipinski definition) is 0. The third-order valence-electron chi connectivity index (χ3n) is 4.98. The molecule has 1 amide bonds. The average Bonchev–Trinajstić information content (AvgIpc) is 3.29. The minimum Gasteiger partial charge on any atom is -0.423 e. The number of hydrogen-bond acceptors (Lipinski definition) is 5. The van der Waals surface area contributed by atoms with Gasteiger partial charge in [-0.1, -0.05) is 44.2 Å². The van der Waals surface area contributed by atoms with E-state index in [4.69, 9.17) is 9.15 Å². The number of rotatable bonds is 4. The maximum Gasteiger partial charge on any atom is 0.241 e. The maximum absolute atomic E-state index is 13.0. The second-order valence-electron chi connectivity index (χ2n) is 7.11. The van der Waals surface area contributed by atoms with Gasteiger partial charge in [-0.3, -0.25) is 4.79 Å². The van der Waals surface area contributed by atoms with Crippen LogP contribution in [0.1, 0.15) is 55.5 Å². The Morgan fingerprint density at radius 3 is 2.76 bits per heavy atom. The van der Waals surface area contributed by atoms with E-state index >= 15 is 0 Å². The Morgan fingerprint density at radius 2 is 2.04 bits per heavy atom. The molecule has 1 aromatic heterocycles. The molecule has 6 nitrogen and oxygen atoms in total. The van der Waals surface area contributed by atoms with Gasteiger partial charge in [0.15, 0.2) is 0 Å². The van der Waals surface area contributed by atoms with Crippen molar-refractivity contribution in [2.24, 2.45) is 5.92 Å². The van der Waals surface area contributed by atoms with Crippen molar-refractivity contribution in [3.05, 3.63) is 47.7 Å². The molecule has 4 rings (SSSR count). The van der Waals surface area contributed by atoms with Crippen molar-refractivity contribution in [2.75, 3.05) is 19.8 Å². The van der Waals surface area contributed by atoms with Crippen molar-refractivity contribution in [1.29, 1.82) is 0 Å². The van der Waals surface area contributed by atoms with Gasteiger partial charge in [0.05, 0.1) is 13.2 Å². The highest BCUT2D eigenvalue weighted by molar-refractivity contribution is 5.83. The molecule has 1 aromatic carbocycles. The van der Waals surface area contributed by atoms with Crippen molar-refractivity contribution >= 4 is 5.91 Å². The van der Waals surface area contributed by atoms with Crippen LogP contribution >= 0.6 is 0 Å². The Morgan fingerprint density at radius 1 is 1.24 bits per heavy atom. The summed E-state index contributed by atoms with van der Waals surface area (Å²) in [7, 11) is 0. The summed E-state index contributed by atoms with van der Waals surface area (Å²) < 4.78 is 11.4. The highest BCUT2D eigenvalue weighted by Gasteiger charge is 2.48. The Bertz CT molecular complexity index is 743. The smallest absolute Gasteiger partial charge is 0.241 e. The molecule has 3 unspecified atom stereocenters. The molecule has 1 saturated carbocycles. The van der Waals surface area contributed by atoms with E-state index in [0.717, 1.165) is 6.42 Å². The molecule has 132 valence electrons. The second kappa shape index (κ2) is 6.59. The fourth-order valence-corrected chi connectivity index (χ4v) is 3.44. The fraction of sp³-hybridized carbons (Fsp3) is 0.526. The lowest BCUT2D eigenvalue weighted by Gasteiger charge is -2.33. The van der Waals surface area contributed by atoms with Crippen molar-refractivity contribution in [3.63, 3.8) is 0 Å². The predicted octanol–water partition coefficient (Wildman–Crippen LogP) is 2.90. The first-order chi connectivity index (χ1) is 12.1. The van der Waals surface area contributed by atoms with Gasteiger partial charge in [0.2, 0.25) is 17.7 Å². The van der Waals surface area contributed by atoms with Crippen molar-refractivity contribution in [2.45, 2.75) is 38.1 Å². The molecular weight excluding hydrogens is 318 g/mol. The molecule has 1 saturated heterocycles. The summed E-state index contributed by atoms with van der Waals surface area (Å²) in [5.74, 6) is 1.80. The van der Waals surface area contributed by atoms with Gasteiger partial charge in [0.25, 0.3) is 0 Å². The van der Waals surface area contributed by atoms with Crippen LogP contribution in [0, 0.1) is 5.92 Å². The number of carbonyl (C=O) groups excluding carboxylic acids is 1. The van der Waals surface area contributed by atoms with Gasteiger partial charge in [0.1, 0.15) is 6.04 Å². The van der Waals surface area contributed by atoms with E-state index < -0.39 is 0 Å². The van der Waals surface area contributed by atoms with Crippen molar-refractivity contribution < 1.29 is 13.9 Å². The lowest BCUT2D eigenvalue weighted by atomic mass is 10.1. The lowest BCUT2D eigenvalue weighted by Crippen LogP contribution is -2.44. The van der Waals surface area contributed by atoms with Crippen LogP contribution in [0.2, 0.25) is 0 Å². The van der Waals surface area contributed by atoms with Crippen LogP contribution in [-0.2, 0) is 9.53 Å². The van der Waals surface area contributed by atoms with E-state index in [2.05, 4.69) is 22.3 Å². The number of ether oxygens (including phenoxy) is 1. The standard InChI is InChI=1S/C19H23N3O3/c1-12(2)17-20-21-18(25-17)16-11-24-9-8-22(16)19(23)15-10-14(15)13-6-4-3-5-7-13/h3-7,12,14-16H,8-11H2,1-2H3. The number of morpholine rings is 1. The second-order valence-corrected chi connectivity index (χ2v) is 7.11. The number of aromatic nitrogens is 2. The number of carbonyl (C=O) groups is 1. The molecule has 0 bridgehead atoms. The lowest BCUT2D eigenvalue weighted by molar-refractivity contribution is -0.142. The quantitative estimate of drug-likeness (QED) is 0.855. The van der Waals surface area contributed by atoms with E-state index in [1.54, 1.807) is 0 Å². The highest BCUT2D eigenvalue weighted by Crippen LogP contribution is 2.49. The monoisotopic (exact) mass is 341 g/mol. The van der Waals surface area contributed by atoms with Crippen LogP contribution in [0.5, 0.6) is 0 Å². The summed E-state index contributed by atoms with van der Waals surface area (Å²) in [5.41, 5.74) is 1.24. The largest absolute Gasteiger partial charge is 0.423 e. The van der Waals surface area contributed by atoms with Gasteiger partial charge in [-0.25, -0.2) is 0 Å². The van der Waals surface area contributed by atoms with Crippen LogP contribution in [0.3, 0.4) is 0 Å². The normalized spacial score (nSPS) is 26.0. The Hall–Kier alpha value is -2.21. The molecule has 0 radical (unpaired) electrons. The van der Waals surface area contributed by atoms with Gasteiger partial charge in [0, 0.05) is 18.4 Å². The first-order valence-electron chi connectivity index (χ1n) is 8.91. The first-order valence-corrected chi connectivity index (χ1v) is 8.91. The molecule has 0 N–H and O–H groups in total. The summed E-state index contributed by atoms with van der Waals surface area (Å²) in [5, 5.41) is 8.26. The fourth-order valence-electron chi connectivity index (χ4n) is 3.44. The first kappa shape index (κ1) is 16.3. The van der Waals surface area contributed by atoms with Gasteiger partial charge in [-0.15, -0.1) is 10.2 Å². The molecule has 6 heteroatoms. The minimum atomic E-state index is -0.279. The van der Waals surface area contributed by atoms with Gasteiger partial charge < -0.3 is 14.1 Å². The van der Waals surface area contributed by atoms with Crippen molar-refractivity contribution in [3.8, 4) is 0 Å². The zero-order chi connectivity index (χ0) is 17.4. The van der Waals surface area contributed by atoms with E-state index in [9.17, 15) is 4.79 Å². The summed E-state index contributed by atoms with van der Waals surface area (Å²) in [6.45, 7) is 5.55. The molecule has 2 aromatic rings. The van der Waals surface area contributed by atoms with E-state index in [1.165, 1.54) is 5.56 Å². The molecular formula is C19H23N3O3. The van der Waals surface area contributed by atoms with Gasteiger partial charge in [-0.2, -0.15) is 0 Å². The summed E-state index contributed by atoms with van der Waals surface area (Å²) in [4.78, 5) is 14.9. The summed E-state index contributed by atoms with van der Waals surface area (Å²) in [6.07, 6.45) is 0.911. The minimum absolute atomic E-state index is 0.0514. The van der Waals surface area contributed by atoms with Crippen LogP contribution in [-0.4, -0.2) is 40.8 Å². The van der Waals surface area contributed by atoms with Gasteiger partial charge >= 0.3 is 0 Å². The van der Waals surface area contributed by atoms with Crippen LogP contribution in [0.15, 0.2) is 34.7 Å². The summed E-state index contributed by atoms with van der Waals surface area (Å²) in [6, 6.07) is 9.97. The van der Waals surface area contributed by atoms with Crippen LogP contribution in [0.4, 0.5) is 0 Å². The summed E-state index contributed by atoms with van der Waals surface area (Å²) >= 11 is 0. The van der Waals surface area contributed by atoms with Crippen molar-refractivity contribution in [1.82, 2.24) is 15.1 Å². The Labute approximate surface area is 147 Å².